The molecule has 28 heavy (non-hydrogen) atoms. The molecule has 2 aromatic heterocycles. The van der Waals surface area contributed by atoms with Crippen LogP contribution in [-0.2, 0) is 10.0 Å². The number of hydrogen-bond donors (Lipinski definition) is 1. The van der Waals surface area contributed by atoms with Crippen molar-refractivity contribution in [3.8, 4) is 11.6 Å². The summed E-state index contributed by atoms with van der Waals surface area (Å²) < 4.78 is 33.1. The lowest BCUT2D eigenvalue weighted by atomic mass is 10.1. The molecule has 1 atom stereocenters. The number of hydrogen-bond acceptors (Lipinski definition) is 6. The van der Waals surface area contributed by atoms with Crippen LogP contribution in [0.15, 0.2) is 45.8 Å². The van der Waals surface area contributed by atoms with Crippen molar-refractivity contribution >= 4 is 15.7 Å². The summed E-state index contributed by atoms with van der Waals surface area (Å²) in [6.45, 7) is 7.30. The van der Waals surface area contributed by atoms with Crippen molar-refractivity contribution in [2.45, 2.75) is 31.7 Å². The summed E-state index contributed by atoms with van der Waals surface area (Å²) in [5, 5.41) is 7.70. The van der Waals surface area contributed by atoms with Crippen molar-refractivity contribution in [1.82, 2.24) is 19.5 Å². The van der Waals surface area contributed by atoms with Gasteiger partial charge in [0.05, 0.1) is 0 Å². The van der Waals surface area contributed by atoms with E-state index in [0.717, 1.165) is 5.69 Å². The van der Waals surface area contributed by atoms with Gasteiger partial charge in [-0.15, -0.1) is 10.2 Å². The largest absolute Gasteiger partial charge is 0.420 e. The van der Waals surface area contributed by atoms with Crippen molar-refractivity contribution in [1.29, 1.82) is 0 Å². The van der Waals surface area contributed by atoms with Crippen LogP contribution < -0.4 is 4.90 Å². The molecule has 0 spiro atoms. The van der Waals surface area contributed by atoms with Crippen LogP contribution in [0.25, 0.3) is 11.6 Å². The van der Waals surface area contributed by atoms with Crippen LogP contribution in [0.2, 0.25) is 0 Å². The number of sulfonamides is 1. The number of aryl methyl sites for hydroxylation is 2. The Balaban J connectivity index is 1.52. The molecular formula is C19H23N5O3S. The number of nitrogens with one attached hydrogen (secondary N) is 1. The SMILES string of the molecule is Cc1cccc(N2CCN(S(=O)(=O)c3c[nH]c(-c4nnc(C)o4)c3)CC2C)c1. The minimum atomic E-state index is -3.60. The van der Waals surface area contributed by atoms with Gasteiger partial charge >= 0.3 is 0 Å². The molecule has 1 aliphatic heterocycles. The summed E-state index contributed by atoms with van der Waals surface area (Å²) >= 11 is 0. The van der Waals surface area contributed by atoms with Crippen LogP contribution >= 0.6 is 0 Å². The van der Waals surface area contributed by atoms with Gasteiger partial charge in [0.25, 0.3) is 5.89 Å². The van der Waals surface area contributed by atoms with Crippen molar-refractivity contribution in [2.75, 3.05) is 24.5 Å². The molecular weight excluding hydrogens is 378 g/mol. The molecule has 1 fully saturated rings. The van der Waals surface area contributed by atoms with Gasteiger partial charge in [-0.25, -0.2) is 8.42 Å². The highest BCUT2D eigenvalue weighted by Crippen LogP contribution is 2.27. The van der Waals surface area contributed by atoms with E-state index in [1.54, 1.807) is 13.0 Å². The number of benzene rings is 1. The highest BCUT2D eigenvalue weighted by Gasteiger charge is 2.33. The van der Waals surface area contributed by atoms with Crippen LogP contribution in [0.5, 0.6) is 0 Å². The lowest BCUT2D eigenvalue weighted by molar-refractivity contribution is 0.342. The highest BCUT2D eigenvalue weighted by atomic mass is 32.2. The number of piperazine rings is 1. The molecule has 9 heteroatoms. The van der Waals surface area contributed by atoms with E-state index >= 15 is 0 Å². The Kier molecular flexibility index (Phi) is 4.72. The van der Waals surface area contributed by atoms with E-state index < -0.39 is 10.0 Å². The summed E-state index contributed by atoms with van der Waals surface area (Å²) in [5.74, 6) is 0.701. The summed E-state index contributed by atoms with van der Waals surface area (Å²) in [5.41, 5.74) is 2.81. The summed E-state index contributed by atoms with van der Waals surface area (Å²) in [7, 11) is -3.60. The highest BCUT2D eigenvalue weighted by molar-refractivity contribution is 7.89. The average molecular weight is 401 g/mol. The fourth-order valence-corrected chi connectivity index (χ4v) is 5.04. The van der Waals surface area contributed by atoms with E-state index in [4.69, 9.17) is 4.42 Å². The van der Waals surface area contributed by atoms with Gasteiger partial charge in [0.1, 0.15) is 10.6 Å². The van der Waals surface area contributed by atoms with Crippen LogP contribution in [0.3, 0.4) is 0 Å². The molecule has 0 bridgehead atoms. The number of aromatic amines is 1. The van der Waals surface area contributed by atoms with Crippen LogP contribution in [0, 0.1) is 13.8 Å². The summed E-state index contributed by atoms with van der Waals surface area (Å²) in [6.07, 6.45) is 1.47. The molecule has 148 valence electrons. The molecule has 1 aliphatic rings. The zero-order valence-corrected chi connectivity index (χ0v) is 16.9. The fourth-order valence-electron chi connectivity index (χ4n) is 3.53. The average Bonchev–Trinajstić information content (AvgIpc) is 3.31. The van der Waals surface area contributed by atoms with Crippen molar-refractivity contribution in [3.63, 3.8) is 0 Å². The molecule has 0 amide bonds. The van der Waals surface area contributed by atoms with Crippen LogP contribution in [-0.4, -0.2) is 53.6 Å². The second-order valence-corrected chi connectivity index (χ2v) is 9.06. The Morgan fingerprint density at radius 3 is 2.68 bits per heavy atom. The van der Waals surface area contributed by atoms with E-state index in [1.165, 1.54) is 16.1 Å². The van der Waals surface area contributed by atoms with Crippen LogP contribution in [0.4, 0.5) is 5.69 Å². The summed E-state index contributed by atoms with van der Waals surface area (Å²) in [6, 6.07) is 9.90. The third-order valence-corrected chi connectivity index (χ3v) is 6.82. The number of nitrogens with zero attached hydrogens (tertiary/aromatic N) is 4. The van der Waals surface area contributed by atoms with Gasteiger partial charge in [-0.1, -0.05) is 12.1 Å². The molecule has 8 nitrogen and oxygen atoms in total. The monoisotopic (exact) mass is 401 g/mol. The van der Waals surface area contributed by atoms with E-state index in [-0.39, 0.29) is 16.8 Å². The second kappa shape index (κ2) is 7.06. The Hall–Kier alpha value is -2.65. The zero-order valence-electron chi connectivity index (χ0n) is 16.1. The Morgan fingerprint density at radius 2 is 2.00 bits per heavy atom. The van der Waals surface area contributed by atoms with Crippen molar-refractivity contribution in [2.24, 2.45) is 0 Å². The van der Waals surface area contributed by atoms with E-state index in [1.807, 2.05) is 13.0 Å². The molecule has 0 radical (unpaired) electrons. The van der Waals surface area contributed by atoms with Crippen molar-refractivity contribution in [3.05, 3.63) is 48.0 Å². The first-order chi connectivity index (χ1) is 13.3. The van der Waals surface area contributed by atoms with Gasteiger partial charge in [-0.3, -0.25) is 0 Å². The van der Waals surface area contributed by atoms with Gasteiger partial charge in [0, 0.05) is 44.5 Å². The number of aromatic nitrogens is 3. The zero-order chi connectivity index (χ0) is 19.9. The topological polar surface area (TPSA) is 95.3 Å². The lowest BCUT2D eigenvalue weighted by Crippen LogP contribution is -2.53. The first-order valence-corrected chi connectivity index (χ1v) is 10.6. The third kappa shape index (κ3) is 3.43. The molecule has 0 saturated carbocycles. The Labute approximate surface area is 164 Å². The van der Waals surface area contributed by atoms with Gasteiger partial charge < -0.3 is 14.3 Å². The van der Waals surface area contributed by atoms with E-state index in [9.17, 15) is 8.42 Å². The van der Waals surface area contributed by atoms with Gasteiger partial charge in [-0.05, 0) is 37.6 Å². The molecule has 4 rings (SSSR count). The first-order valence-electron chi connectivity index (χ1n) is 9.17. The Morgan fingerprint density at radius 1 is 1.18 bits per heavy atom. The maximum absolute atomic E-state index is 13.1. The minimum absolute atomic E-state index is 0.0716. The molecule has 3 heterocycles. The molecule has 1 aromatic carbocycles. The molecule has 1 saturated heterocycles. The smallest absolute Gasteiger partial charge is 0.264 e. The predicted octanol–water partition coefficient (Wildman–Crippen LogP) is 2.58. The lowest BCUT2D eigenvalue weighted by Gasteiger charge is -2.40. The molecule has 1 N–H and O–H groups in total. The molecule has 1 unspecified atom stereocenters. The quantitative estimate of drug-likeness (QED) is 0.722. The second-order valence-electron chi connectivity index (χ2n) is 7.12. The van der Waals surface area contributed by atoms with E-state index in [2.05, 4.69) is 45.2 Å². The number of H-pyrrole nitrogens is 1. The Bertz CT molecular complexity index is 1090. The van der Waals surface area contributed by atoms with E-state index in [0.29, 0.717) is 31.2 Å². The minimum Gasteiger partial charge on any atom is -0.420 e. The van der Waals surface area contributed by atoms with Gasteiger partial charge in [-0.2, -0.15) is 4.31 Å². The molecule has 3 aromatic rings. The number of rotatable bonds is 4. The van der Waals surface area contributed by atoms with Gasteiger partial charge in [0.2, 0.25) is 15.9 Å². The number of anilines is 1. The van der Waals surface area contributed by atoms with Crippen LogP contribution in [0.1, 0.15) is 18.4 Å². The van der Waals surface area contributed by atoms with Gasteiger partial charge in [0.15, 0.2) is 0 Å². The standard InChI is InChI=1S/C19H23N5O3S/c1-13-5-4-6-16(9-13)24-8-7-23(12-14(24)2)28(25,26)17-10-18(20-11-17)19-22-21-15(3)27-19/h4-6,9-11,14,20H,7-8,12H2,1-3H3. The summed E-state index contributed by atoms with van der Waals surface area (Å²) in [4.78, 5) is 5.38. The normalized spacial score (nSPS) is 18.5. The third-order valence-electron chi connectivity index (χ3n) is 4.97. The van der Waals surface area contributed by atoms with Crippen molar-refractivity contribution < 1.29 is 12.8 Å². The first kappa shape index (κ1) is 18.7. The molecule has 0 aliphatic carbocycles. The maximum atomic E-state index is 13.1. The fraction of sp³-hybridized carbons (Fsp3) is 0.368. The maximum Gasteiger partial charge on any atom is 0.264 e. The predicted molar refractivity (Wildman–Crippen MR) is 106 cm³/mol.